The van der Waals surface area contributed by atoms with E-state index in [1.54, 1.807) is 49.5 Å². The van der Waals surface area contributed by atoms with E-state index < -0.39 is 5.60 Å². The maximum absolute atomic E-state index is 12.4. The molecular weight excluding hydrogens is 334 g/mol. The molecule has 0 spiro atoms. The molecule has 0 saturated carbocycles. The number of rotatable bonds is 4. The Kier molecular flexibility index (Phi) is 4.88. The SMILES string of the molecule is CNC(=O)c1ccccc1[C@](O)(c1ccccc1)c1ccc(Cl)cc1. The zero-order chi connectivity index (χ0) is 17.9. The van der Waals surface area contributed by atoms with Crippen LogP contribution in [0.3, 0.4) is 0 Å². The van der Waals surface area contributed by atoms with Gasteiger partial charge in [-0.15, -0.1) is 0 Å². The highest BCUT2D eigenvalue weighted by Gasteiger charge is 2.36. The van der Waals surface area contributed by atoms with E-state index in [2.05, 4.69) is 5.32 Å². The van der Waals surface area contributed by atoms with Gasteiger partial charge in [0.2, 0.25) is 0 Å². The van der Waals surface area contributed by atoms with Gasteiger partial charge < -0.3 is 10.4 Å². The lowest BCUT2D eigenvalue weighted by atomic mass is 9.78. The first-order valence-electron chi connectivity index (χ1n) is 7.93. The van der Waals surface area contributed by atoms with Crippen molar-refractivity contribution >= 4 is 17.5 Å². The first-order chi connectivity index (χ1) is 12.1. The quantitative estimate of drug-likeness (QED) is 0.698. The molecule has 4 heteroatoms. The van der Waals surface area contributed by atoms with Crippen molar-refractivity contribution in [3.63, 3.8) is 0 Å². The fraction of sp³-hybridized carbons (Fsp3) is 0.0952. The third-order valence-electron chi connectivity index (χ3n) is 4.24. The van der Waals surface area contributed by atoms with Crippen molar-refractivity contribution in [1.29, 1.82) is 0 Å². The maximum atomic E-state index is 12.4. The highest BCUT2D eigenvalue weighted by molar-refractivity contribution is 6.30. The first kappa shape index (κ1) is 17.2. The smallest absolute Gasteiger partial charge is 0.251 e. The Morgan fingerprint density at radius 2 is 1.44 bits per heavy atom. The average molecular weight is 352 g/mol. The molecular formula is C21H18ClNO2. The minimum absolute atomic E-state index is 0.251. The summed E-state index contributed by atoms with van der Waals surface area (Å²) in [7, 11) is 1.57. The number of hydrogen-bond acceptors (Lipinski definition) is 2. The molecule has 3 aromatic rings. The molecule has 25 heavy (non-hydrogen) atoms. The van der Waals surface area contributed by atoms with Crippen LogP contribution in [0, 0.1) is 0 Å². The van der Waals surface area contributed by atoms with Crippen LogP contribution in [-0.2, 0) is 5.60 Å². The van der Waals surface area contributed by atoms with Gasteiger partial charge >= 0.3 is 0 Å². The van der Waals surface area contributed by atoms with E-state index in [1.165, 1.54) is 0 Å². The van der Waals surface area contributed by atoms with E-state index >= 15 is 0 Å². The minimum atomic E-state index is -1.48. The summed E-state index contributed by atoms with van der Waals surface area (Å²) in [5.41, 5.74) is 0.775. The van der Waals surface area contributed by atoms with Crippen molar-refractivity contribution in [2.45, 2.75) is 5.60 Å². The number of amides is 1. The Morgan fingerprint density at radius 1 is 0.880 bits per heavy atom. The van der Waals surface area contributed by atoms with Gasteiger partial charge in [-0.3, -0.25) is 4.79 Å². The monoisotopic (exact) mass is 351 g/mol. The standard InChI is InChI=1S/C21H18ClNO2/c1-23-20(24)18-9-5-6-10-19(18)21(25,15-7-3-2-4-8-15)16-11-13-17(22)14-12-16/h2-14,25H,1H3,(H,23,24)/t21-/m0/s1. The molecule has 3 nitrogen and oxygen atoms in total. The molecule has 2 N–H and O–H groups in total. The molecule has 0 heterocycles. The summed E-state index contributed by atoms with van der Waals surface area (Å²) in [5, 5.41) is 15.0. The van der Waals surface area contributed by atoms with Crippen molar-refractivity contribution in [3.05, 3.63) is 106 Å². The largest absolute Gasteiger partial charge is 0.376 e. The van der Waals surface area contributed by atoms with Crippen LogP contribution in [0.15, 0.2) is 78.9 Å². The Morgan fingerprint density at radius 3 is 2.08 bits per heavy atom. The van der Waals surface area contributed by atoms with E-state index in [9.17, 15) is 9.90 Å². The Bertz CT molecular complexity index is 878. The summed E-state index contributed by atoms with van der Waals surface area (Å²) in [5.74, 6) is -0.251. The fourth-order valence-electron chi connectivity index (χ4n) is 2.98. The number of carbonyl (C=O) groups is 1. The Labute approximate surface area is 151 Å². The molecule has 1 atom stereocenters. The predicted octanol–water partition coefficient (Wildman–Crippen LogP) is 3.98. The summed E-state index contributed by atoms with van der Waals surface area (Å²) in [4.78, 5) is 12.4. The fourth-order valence-corrected chi connectivity index (χ4v) is 3.11. The number of hydrogen-bond donors (Lipinski definition) is 2. The molecule has 0 bridgehead atoms. The van der Waals surface area contributed by atoms with E-state index in [1.807, 2.05) is 36.4 Å². The second-order valence-corrected chi connectivity index (χ2v) is 6.14. The van der Waals surface area contributed by atoms with Crippen molar-refractivity contribution < 1.29 is 9.90 Å². The zero-order valence-corrected chi connectivity index (χ0v) is 14.5. The second kappa shape index (κ2) is 7.09. The van der Waals surface area contributed by atoms with E-state index in [0.29, 0.717) is 27.3 Å². The molecule has 0 radical (unpaired) electrons. The van der Waals surface area contributed by atoms with E-state index in [0.717, 1.165) is 0 Å². The Balaban J connectivity index is 2.30. The van der Waals surface area contributed by atoms with Crippen LogP contribution in [0.25, 0.3) is 0 Å². The van der Waals surface area contributed by atoms with Gasteiger partial charge in [-0.05, 0) is 29.3 Å². The molecule has 1 amide bonds. The van der Waals surface area contributed by atoms with Gasteiger partial charge in [0.05, 0.1) is 0 Å². The van der Waals surface area contributed by atoms with Crippen LogP contribution in [0.2, 0.25) is 5.02 Å². The number of benzene rings is 3. The van der Waals surface area contributed by atoms with Crippen LogP contribution >= 0.6 is 11.6 Å². The summed E-state index contributed by atoms with van der Waals surface area (Å²) < 4.78 is 0. The van der Waals surface area contributed by atoms with Crippen molar-refractivity contribution in [3.8, 4) is 0 Å². The van der Waals surface area contributed by atoms with Gasteiger partial charge in [0, 0.05) is 23.2 Å². The highest BCUT2D eigenvalue weighted by atomic mass is 35.5. The number of halogens is 1. The van der Waals surface area contributed by atoms with E-state index in [4.69, 9.17) is 11.6 Å². The highest BCUT2D eigenvalue weighted by Crippen LogP contribution is 2.38. The minimum Gasteiger partial charge on any atom is -0.376 e. The van der Waals surface area contributed by atoms with Gasteiger partial charge in [-0.25, -0.2) is 0 Å². The van der Waals surface area contributed by atoms with Gasteiger partial charge in [-0.2, -0.15) is 0 Å². The summed E-state index contributed by atoms with van der Waals surface area (Å²) in [6, 6.07) is 23.4. The molecule has 126 valence electrons. The second-order valence-electron chi connectivity index (χ2n) is 5.71. The molecule has 3 rings (SSSR count). The summed E-state index contributed by atoms with van der Waals surface area (Å²) in [6.07, 6.45) is 0. The van der Waals surface area contributed by atoms with Gasteiger partial charge in [0.15, 0.2) is 0 Å². The van der Waals surface area contributed by atoms with Crippen LogP contribution in [0.5, 0.6) is 0 Å². The third kappa shape index (κ3) is 3.16. The molecule has 0 aliphatic carbocycles. The molecule has 0 aromatic heterocycles. The van der Waals surface area contributed by atoms with Crippen LogP contribution in [0.4, 0.5) is 0 Å². The van der Waals surface area contributed by atoms with Crippen LogP contribution < -0.4 is 5.32 Å². The lowest BCUT2D eigenvalue weighted by Crippen LogP contribution is -2.32. The first-order valence-corrected chi connectivity index (χ1v) is 8.30. The zero-order valence-electron chi connectivity index (χ0n) is 13.7. The molecule has 0 saturated heterocycles. The maximum Gasteiger partial charge on any atom is 0.251 e. The molecule has 0 aliphatic heterocycles. The average Bonchev–Trinajstić information content (AvgIpc) is 2.68. The van der Waals surface area contributed by atoms with Crippen LogP contribution in [-0.4, -0.2) is 18.1 Å². The Hall–Kier alpha value is -2.62. The third-order valence-corrected chi connectivity index (χ3v) is 4.49. The van der Waals surface area contributed by atoms with Gasteiger partial charge in [0.1, 0.15) is 5.60 Å². The van der Waals surface area contributed by atoms with Gasteiger partial charge in [0.25, 0.3) is 5.91 Å². The lowest BCUT2D eigenvalue weighted by molar-refractivity contribution is 0.0940. The number of carbonyl (C=O) groups excluding carboxylic acids is 1. The van der Waals surface area contributed by atoms with Crippen molar-refractivity contribution in [1.82, 2.24) is 5.32 Å². The van der Waals surface area contributed by atoms with E-state index in [-0.39, 0.29) is 5.91 Å². The topological polar surface area (TPSA) is 49.3 Å². The normalized spacial score (nSPS) is 13.1. The van der Waals surface area contributed by atoms with Gasteiger partial charge in [-0.1, -0.05) is 72.3 Å². The molecule has 3 aromatic carbocycles. The predicted molar refractivity (Wildman–Crippen MR) is 99.8 cm³/mol. The number of aliphatic hydroxyl groups is 1. The van der Waals surface area contributed by atoms with Crippen molar-refractivity contribution in [2.24, 2.45) is 0 Å². The molecule has 0 aliphatic rings. The lowest BCUT2D eigenvalue weighted by Gasteiger charge is -2.31. The number of nitrogens with one attached hydrogen (secondary N) is 1. The molecule has 0 unspecified atom stereocenters. The summed E-state index contributed by atoms with van der Waals surface area (Å²) >= 11 is 6.01. The molecule has 0 fully saturated rings. The van der Waals surface area contributed by atoms with Crippen molar-refractivity contribution in [2.75, 3.05) is 7.05 Å². The summed E-state index contributed by atoms with van der Waals surface area (Å²) in [6.45, 7) is 0. The van der Waals surface area contributed by atoms with Crippen LogP contribution in [0.1, 0.15) is 27.0 Å².